The maximum absolute atomic E-state index is 12.8. The van der Waals surface area contributed by atoms with Gasteiger partial charge < -0.3 is 15.4 Å². The van der Waals surface area contributed by atoms with Crippen LogP contribution in [0, 0.1) is 0 Å². The maximum Gasteiger partial charge on any atom is 0.265 e. The van der Waals surface area contributed by atoms with E-state index >= 15 is 0 Å². The Morgan fingerprint density at radius 2 is 1.76 bits per heavy atom. The number of anilines is 1. The van der Waals surface area contributed by atoms with E-state index in [-0.39, 0.29) is 17.9 Å². The van der Waals surface area contributed by atoms with Crippen molar-refractivity contribution in [2.75, 3.05) is 5.32 Å². The van der Waals surface area contributed by atoms with Gasteiger partial charge in [0.15, 0.2) is 6.10 Å². The minimum absolute atomic E-state index is 0.159. The van der Waals surface area contributed by atoms with Crippen molar-refractivity contribution in [3.63, 3.8) is 0 Å². The second-order valence-electron chi connectivity index (χ2n) is 7.29. The fourth-order valence-corrected chi connectivity index (χ4v) is 3.71. The van der Waals surface area contributed by atoms with Crippen molar-refractivity contribution in [2.24, 2.45) is 0 Å². The van der Waals surface area contributed by atoms with Crippen molar-refractivity contribution < 1.29 is 14.3 Å². The third kappa shape index (κ3) is 5.73. The van der Waals surface area contributed by atoms with Gasteiger partial charge in [-0.3, -0.25) is 9.59 Å². The van der Waals surface area contributed by atoms with Crippen LogP contribution in [0.1, 0.15) is 55.8 Å². The van der Waals surface area contributed by atoms with Crippen molar-refractivity contribution in [2.45, 2.75) is 57.6 Å². The third-order valence-corrected chi connectivity index (χ3v) is 5.45. The number of carbonyl (C=O) groups is 2. The smallest absolute Gasteiger partial charge is 0.265 e. The predicted octanol–water partition coefficient (Wildman–Crippen LogP) is 5.20. The summed E-state index contributed by atoms with van der Waals surface area (Å²) < 4.78 is 5.81. The van der Waals surface area contributed by atoms with Crippen LogP contribution in [0.4, 0.5) is 5.69 Å². The van der Waals surface area contributed by atoms with Crippen LogP contribution in [-0.4, -0.2) is 24.0 Å². The van der Waals surface area contributed by atoms with Gasteiger partial charge in [-0.2, -0.15) is 0 Å². The average molecular weight is 415 g/mol. The number of nitrogens with one attached hydrogen (secondary N) is 2. The Bertz CT molecular complexity index is 850. The highest BCUT2D eigenvalue weighted by atomic mass is 35.5. The molecule has 2 N–H and O–H groups in total. The van der Waals surface area contributed by atoms with Crippen molar-refractivity contribution in [1.82, 2.24) is 5.32 Å². The molecule has 0 unspecified atom stereocenters. The maximum atomic E-state index is 12.8. The van der Waals surface area contributed by atoms with Crippen molar-refractivity contribution in [3.05, 3.63) is 59.1 Å². The van der Waals surface area contributed by atoms with Gasteiger partial charge in [0.2, 0.25) is 0 Å². The molecule has 1 aliphatic carbocycles. The Balaban J connectivity index is 1.69. The fourth-order valence-electron chi connectivity index (χ4n) is 3.53. The first-order valence-corrected chi connectivity index (χ1v) is 10.6. The summed E-state index contributed by atoms with van der Waals surface area (Å²) in [5, 5.41) is 6.40. The Hall–Kier alpha value is -2.53. The van der Waals surface area contributed by atoms with E-state index in [0.717, 1.165) is 25.7 Å². The summed E-state index contributed by atoms with van der Waals surface area (Å²) in [6.07, 6.45) is 5.26. The Morgan fingerprint density at radius 1 is 1.07 bits per heavy atom. The molecule has 0 aliphatic heterocycles. The topological polar surface area (TPSA) is 67.4 Å². The van der Waals surface area contributed by atoms with E-state index in [4.69, 9.17) is 16.3 Å². The second kappa shape index (κ2) is 10.3. The standard InChI is InChI=1S/C23H27ClN2O3/c1-2-20(29-21-15-9-7-13-18(21)24)23(28)26-19-14-8-6-12-17(19)22(27)25-16-10-4-3-5-11-16/h6-9,12-16,20H,2-5,10-11H2,1H3,(H,25,27)(H,26,28)/t20-/m0/s1. The molecular formula is C23H27ClN2O3. The first kappa shape index (κ1) is 21.2. The summed E-state index contributed by atoms with van der Waals surface area (Å²) >= 11 is 6.14. The lowest BCUT2D eigenvalue weighted by molar-refractivity contribution is -0.122. The van der Waals surface area contributed by atoms with Crippen LogP contribution in [0.5, 0.6) is 5.75 Å². The SMILES string of the molecule is CC[C@H](Oc1ccccc1Cl)C(=O)Nc1ccccc1C(=O)NC1CCCCC1. The second-order valence-corrected chi connectivity index (χ2v) is 7.70. The Labute approximate surface area is 176 Å². The zero-order valence-corrected chi connectivity index (χ0v) is 17.4. The minimum atomic E-state index is -0.718. The lowest BCUT2D eigenvalue weighted by Gasteiger charge is -2.23. The quantitative estimate of drug-likeness (QED) is 0.654. The molecule has 0 aromatic heterocycles. The van der Waals surface area contributed by atoms with Gasteiger partial charge in [0.25, 0.3) is 11.8 Å². The van der Waals surface area contributed by atoms with Crippen molar-refractivity contribution in [1.29, 1.82) is 0 Å². The zero-order valence-electron chi connectivity index (χ0n) is 16.6. The Morgan fingerprint density at radius 3 is 2.48 bits per heavy atom. The predicted molar refractivity (Wildman–Crippen MR) is 116 cm³/mol. The molecule has 0 bridgehead atoms. The van der Waals surface area contributed by atoms with Gasteiger partial charge in [-0.05, 0) is 43.5 Å². The molecule has 0 saturated heterocycles. The van der Waals surface area contributed by atoms with E-state index in [2.05, 4.69) is 10.6 Å². The number of benzene rings is 2. The van der Waals surface area contributed by atoms with E-state index < -0.39 is 6.10 Å². The van der Waals surface area contributed by atoms with Crippen LogP contribution in [0.25, 0.3) is 0 Å². The summed E-state index contributed by atoms with van der Waals surface area (Å²) in [6, 6.07) is 14.3. The number of hydrogen-bond donors (Lipinski definition) is 2. The molecule has 2 amide bonds. The highest BCUT2D eigenvalue weighted by Crippen LogP contribution is 2.26. The highest BCUT2D eigenvalue weighted by Gasteiger charge is 2.23. The van der Waals surface area contributed by atoms with Gasteiger partial charge in [0, 0.05) is 6.04 Å². The molecular weight excluding hydrogens is 388 g/mol. The van der Waals surface area contributed by atoms with E-state index in [9.17, 15) is 9.59 Å². The fraction of sp³-hybridized carbons (Fsp3) is 0.391. The van der Waals surface area contributed by atoms with Crippen molar-refractivity contribution >= 4 is 29.1 Å². The molecule has 3 rings (SSSR count). The third-order valence-electron chi connectivity index (χ3n) is 5.14. The molecule has 6 heteroatoms. The van der Waals surface area contributed by atoms with Crippen LogP contribution < -0.4 is 15.4 Å². The monoisotopic (exact) mass is 414 g/mol. The highest BCUT2D eigenvalue weighted by molar-refractivity contribution is 6.32. The van der Waals surface area contributed by atoms with E-state index in [1.165, 1.54) is 6.42 Å². The number of ether oxygens (including phenoxy) is 1. The lowest BCUT2D eigenvalue weighted by Crippen LogP contribution is -2.37. The minimum Gasteiger partial charge on any atom is -0.479 e. The van der Waals surface area contributed by atoms with Crippen molar-refractivity contribution in [3.8, 4) is 5.75 Å². The first-order valence-electron chi connectivity index (χ1n) is 10.2. The molecule has 29 heavy (non-hydrogen) atoms. The number of carbonyl (C=O) groups excluding carboxylic acids is 2. The van der Waals surface area contributed by atoms with Crippen LogP contribution in [0.15, 0.2) is 48.5 Å². The molecule has 154 valence electrons. The van der Waals surface area contributed by atoms with Gasteiger partial charge in [0.05, 0.1) is 16.3 Å². The molecule has 1 aliphatic rings. The Kier molecular flexibility index (Phi) is 7.53. The molecule has 1 saturated carbocycles. The summed E-state index contributed by atoms with van der Waals surface area (Å²) in [5.74, 6) is -0.0160. The molecule has 0 spiro atoms. The molecule has 0 radical (unpaired) electrons. The molecule has 0 heterocycles. The number of hydrogen-bond acceptors (Lipinski definition) is 3. The van der Waals surface area contributed by atoms with Gasteiger partial charge in [-0.15, -0.1) is 0 Å². The number of para-hydroxylation sites is 2. The molecule has 1 atom stereocenters. The van der Waals surface area contributed by atoms with Crippen LogP contribution in [0.3, 0.4) is 0 Å². The molecule has 1 fully saturated rings. The molecule has 2 aromatic rings. The average Bonchev–Trinajstić information content (AvgIpc) is 2.74. The largest absolute Gasteiger partial charge is 0.479 e. The van der Waals surface area contributed by atoms with Crippen LogP contribution >= 0.6 is 11.6 Å². The number of halogens is 1. The van der Waals surface area contributed by atoms with Gasteiger partial charge in [-0.1, -0.05) is 62.1 Å². The number of rotatable bonds is 7. The number of amides is 2. The van der Waals surface area contributed by atoms with Crippen LogP contribution in [-0.2, 0) is 4.79 Å². The molecule has 2 aromatic carbocycles. The molecule has 5 nitrogen and oxygen atoms in total. The van der Waals surface area contributed by atoms with Crippen LogP contribution in [0.2, 0.25) is 5.02 Å². The van der Waals surface area contributed by atoms with E-state index in [0.29, 0.717) is 28.4 Å². The van der Waals surface area contributed by atoms with Gasteiger partial charge >= 0.3 is 0 Å². The first-order chi connectivity index (χ1) is 14.1. The lowest BCUT2D eigenvalue weighted by atomic mass is 9.95. The summed E-state index contributed by atoms with van der Waals surface area (Å²) in [5.41, 5.74) is 0.936. The summed E-state index contributed by atoms with van der Waals surface area (Å²) in [7, 11) is 0. The normalized spacial score (nSPS) is 15.4. The van der Waals surface area contributed by atoms with Gasteiger partial charge in [0.1, 0.15) is 5.75 Å². The summed E-state index contributed by atoms with van der Waals surface area (Å²) in [4.78, 5) is 25.6. The van der Waals surface area contributed by atoms with Gasteiger partial charge in [-0.25, -0.2) is 0 Å². The van der Waals surface area contributed by atoms with E-state index in [1.54, 1.807) is 48.5 Å². The summed E-state index contributed by atoms with van der Waals surface area (Å²) in [6.45, 7) is 1.86. The van der Waals surface area contributed by atoms with E-state index in [1.807, 2.05) is 6.92 Å². The zero-order chi connectivity index (χ0) is 20.6.